The molecule has 0 saturated carbocycles. The smallest absolute Gasteiger partial charge is 0.0455 e. The molecule has 2 aromatic rings. The van der Waals surface area contributed by atoms with E-state index in [1.54, 1.807) is 0 Å². The molecule has 2 heteroatoms. The molecule has 1 aliphatic carbocycles. The molecule has 1 aromatic carbocycles. The van der Waals surface area contributed by atoms with Crippen LogP contribution in [0.2, 0.25) is 0 Å². The van der Waals surface area contributed by atoms with Gasteiger partial charge in [-0.2, -0.15) is 0 Å². The van der Waals surface area contributed by atoms with Gasteiger partial charge in [-0.25, -0.2) is 0 Å². The average molecular weight is 208 g/mol. The van der Waals surface area contributed by atoms with Crippen molar-refractivity contribution in [1.82, 2.24) is 4.98 Å². The summed E-state index contributed by atoms with van der Waals surface area (Å²) in [7, 11) is 0. The summed E-state index contributed by atoms with van der Waals surface area (Å²) in [6.45, 7) is 0. The van der Waals surface area contributed by atoms with Crippen LogP contribution in [0.3, 0.4) is 0 Å². The highest BCUT2D eigenvalue weighted by molar-refractivity contribution is 5.92. The van der Waals surface area contributed by atoms with Crippen molar-refractivity contribution in [2.45, 2.75) is 0 Å². The number of benzene rings is 1. The second kappa shape index (κ2) is 3.42. The van der Waals surface area contributed by atoms with E-state index in [1.165, 1.54) is 0 Å². The molecule has 0 saturated heterocycles. The minimum absolute atomic E-state index is 0.0256. The number of nitrogens with one attached hydrogen (secondary N) is 1. The highest BCUT2D eigenvalue weighted by atomic mass is 16.3. The Morgan fingerprint density at radius 2 is 1.81 bits per heavy atom. The lowest BCUT2D eigenvalue weighted by Crippen LogP contribution is -1.91. The number of aromatic nitrogens is 1. The molecule has 0 spiro atoms. The largest absolute Gasteiger partial charge is 0.860 e. The number of hydrogen-bond donors (Lipinski definition) is 1. The Bertz CT molecular complexity index is 615. The van der Waals surface area contributed by atoms with E-state index in [2.05, 4.69) is 4.98 Å². The first kappa shape index (κ1) is 9.04. The third-order valence-corrected chi connectivity index (χ3v) is 2.71. The van der Waals surface area contributed by atoms with Crippen molar-refractivity contribution in [2.24, 2.45) is 0 Å². The minimum atomic E-state index is -0.0256. The number of allylic oxidation sites excluding steroid dienone is 5. The van der Waals surface area contributed by atoms with Crippen molar-refractivity contribution < 1.29 is 5.11 Å². The van der Waals surface area contributed by atoms with E-state index in [-0.39, 0.29) is 5.88 Å². The Balaban J connectivity index is 2.23. The van der Waals surface area contributed by atoms with E-state index in [1.807, 2.05) is 54.6 Å². The van der Waals surface area contributed by atoms with Gasteiger partial charge in [0, 0.05) is 10.9 Å². The molecule has 0 aliphatic heterocycles. The number of hydrogen-bond acceptors (Lipinski definition) is 1. The first-order valence-electron chi connectivity index (χ1n) is 5.19. The predicted molar refractivity (Wildman–Crippen MR) is 64.0 cm³/mol. The summed E-state index contributed by atoms with van der Waals surface area (Å²) in [4.78, 5) is 2.85. The van der Waals surface area contributed by atoms with Crippen molar-refractivity contribution in [3.63, 3.8) is 0 Å². The number of aromatic amines is 1. The number of H-pyrrole nitrogens is 1. The van der Waals surface area contributed by atoms with Gasteiger partial charge in [0.25, 0.3) is 0 Å². The lowest BCUT2D eigenvalue weighted by atomic mass is 10.1. The first-order chi connectivity index (χ1) is 7.84. The van der Waals surface area contributed by atoms with Gasteiger partial charge in [0.05, 0.1) is 0 Å². The summed E-state index contributed by atoms with van der Waals surface area (Å²) in [6.07, 6.45) is 9.82. The fourth-order valence-electron chi connectivity index (χ4n) is 1.93. The number of fused-ring (bicyclic) bond motifs is 1. The lowest BCUT2D eigenvalue weighted by Gasteiger charge is -2.03. The SMILES string of the molecule is [O-]c1[nH]c2ccccc2c1C=C1C=CC=C1. The minimum Gasteiger partial charge on any atom is -0.860 e. The molecule has 2 nitrogen and oxygen atoms in total. The van der Waals surface area contributed by atoms with Gasteiger partial charge in [0.1, 0.15) is 0 Å². The van der Waals surface area contributed by atoms with Crippen LogP contribution in [0.15, 0.2) is 54.1 Å². The van der Waals surface area contributed by atoms with E-state index < -0.39 is 0 Å². The summed E-state index contributed by atoms with van der Waals surface area (Å²) in [5.41, 5.74) is 2.69. The van der Waals surface area contributed by atoms with E-state index in [0.29, 0.717) is 0 Å². The number of rotatable bonds is 1. The molecule has 1 aromatic heterocycles. The fourth-order valence-corrected chi connectivity index (χ4v) is 1.93. The maximum Gasteiger partial charge on any atom is 0.0455 e. The summed E-state index contributed by atoms with van der Waals surface area (Å²) in [5, 5.41) is 12.8. The molecule has 78 valence electrons. The van der Waals surface area contributed by atoms with Crippen molar-refractivity contribution in [3.8, 4) is 5.88 Å². The Labute approximate surface area is 93.2 Å². The molecule has 0 unspecified atom stereocenters. The van der Waals surface area contributed by atoms with Gasteiger partial charge >= 0.3 is 0 Å². The lowest BCUT2D eigenvalue weighted by molar-refractivity contribution is -0.274. The second-order valence-electron chi connectivity index (χ2n) is 3.78. The molecular weight excluding hydrogens is 198 g/mol. The van der Waals surface area contributed by atoms with Crippen LogP contribution in [0.5, 0.6) is 5.88 Å². The molecule has 0 fully saturated rings. The molecule has 1 heterocycles. The Hall–Kier alpha value is -2.22. The Morgan fingerprint density at radius 1 is 1.06 bits per heavy atom. The normalized spacial score (nSPS) is 13.9. The standard InChI is InChI=1S/C14H11NO/c16-14-12(9-10-5-1-2-6-10)11-7-3-4-8-13(11)15-14/h1-9,15-16H/p-1. The molecule has 1 aliphatic rings. The van der Waals surface area contributed by atoms with Gasteiger partial charge in [-0.1, -0.05) is 42.5 Å². The van der Waals surface area contributed by atoms with E-state index in [0.717, 1.165) is 22.0 Å². The second-order valence-corrected chi connectivity index (χ2v) is 3.78. The Kier molecular flexibility index (Phi) is 1.93. The summed E-state index contributed by atoms with van der Waals surface area (Å²) < 4.78 is 0. The van der Waals surface area contributed by atoms with Gasteiger partial charge in [0.15, 0.2) is 0 Å². The zero-order valence-electron chi connectivity index (χ0n) is 8.60. The molecule has 3 rings (SSSR count). The van der Waals surface area contributed by atoms with Crippen molar-refractivity contribution >= 4 is 17.0 Å². The first-order valence-corrected chi connectivity index (χ1v) is 5.19. The highest BCUT2D eigenvalue weighted by Gasteiger charge is 2.03. The van der Waals surface area contributed by atoms with E-state index in [4.69, 9.17) is 0 Å². The van der Waals surface area contributed by atoms with Crippen LogP contribution in [0.4, 0.5) is 0 Å². The molecule has 0 atom stereocenters. The molecule has 1 N–H and O–H groups in total. The fraction of sp³-hybridized carbons (Fsp3) is 0. The van der Waals surface area contributed by atoms with Crippen LogP contribution in [0, 0.1) is 0 Å². The van der Waals surface area contributed by atoms with Gasteiger partial charge < -0.3 is 10.1 Å². The van der Waals surface area contributed by atoms with Gasteiger partial charge in [0.2, 0.25) is 0 Å². The van der Waals surface area contributed by atoms with Crippen LogP contribution in [-0.4, -0.2) is 4.98 Å². The average Bonchev–Trinajstić information content (AvgIpc) is 2.89. The van der Waals surface area contributed by atoms with E-state index >= 15 is 0 Å². The molecular formula is C14H10NO-. The van der Waals surface area contributed by atoms with Crippen LogP contribution in [-0.2, 0) is 0 Å². The summed E-state index contributed by atoms with van der Waals surface area (Å²) >= 11 is 0. The number of para-hydroxylation sites is 1. The Morgan fingerprint density at radius 3 is 2.62 bits per heavy atom. The van der Waals surface area contributed by atoms with Gasteiger partial charge in [-0.05, 0) is 29.2 Å². The van der Waals surface area contributed by atoms with Gasteiger partial charge in [-0.15, -0.1) is 0 Å². The van der Waals surface area contributed by atoms with Crippen LogP contribution in [0.25, 0.3) is 17.0 Å². The third-order valence-electron chi connectivity index (χ3n) is 2.71. The molecule has 0 amide bonds. The van der Waals surface area contributed by atoms with Crippen molar-refractivity contribution in [3.05, 3.63) is 59.7 Å². The highest BCUT2D eigenvalue weighted by Crippen LogP contribution is 2.28. The van der Waals surface area contributed by atoms with Crippen LogP contribution >= 0.6 is 0 Å². The van der Waals surface area contributed by atoms with Crippen molar-refractivity contribution in [1.29, 1.82) is 0 Å². The quantitative estimate of drug-likeness (QED) is 0.768. The zero-order chi connectivity index (χ0) is 11.0. The predicted octanol–water partition coefficient (Wildman–Crippen LogP) is 2.75. The zero-order valence-corrected chi connectivity index (χ0v) is 8.60. The third kappa shape index (κ3) is 1.36. The summed E-state index contributed by atoms with van der Waals surface area (Å²) in [6, 6.07) is 7.74. The topological polar surface area (TPSA) is 38.8 Å². The van der Waals surface area contributed by atoms with Crippen LogP contribution < -0.4 is 5.11 Å². The molecule has 16 heavy (non-hydrogen) atoms. The molecule has 0 bridgehead atoms. The maximum atomic E-state index is 11.8. The van der Waals surface area contributed by atoms with E-state index in [9.17, 15) is 5.11 Å². The molecule has 0 radical (unpaired) electrons. The summed E-state index contributed by atoms with van der Waals surface area (Å²) in [5.74, 6) is -0.0256. The van der Waals surface area contributed by atoms with Gasteiger partial charge in [-0.3, -0.25) is 0 Å². The maximum absolute atomic E-state index is 11.8. The van der Waals surface area contributed by atoms with Crippen molar-refractivity contribution in [2.75, 3.05) is 0 Å². The van der Waals surface area contributed by atoms with Crippen LogP contribution in [0.1, 0.15) is 5.56 Å². The monoisotopic (exact) mass is 208 g/mol.